The maximum absolute atomic E-state index is 13.0. The average Bonchev–Trinajstić information content (AvgIpc) is 2.85. The van der Waals surface area contributed by atoms with Gasteiger partial charge in [-0.2, -0.15) is 18.4 Å². The average molecular weight is 481 g/mol. The predicted octanol–water partition coefficient (Wildman–Crippen LogP) is 5.19. The third-order valence-corrected chi connectivity index (χ3v) is 5.70. The molecule has 0 aliphatic carbocycles. The van der Waals surface area contributed by atoms with Gasteiger partial charge in [-0.1, -0.05) is 6.07 Å². The standard InChI is InChI=1S/C25H22F3N5O2/c1-15-2-3-20(33-24(34)22-11-18(4-7-30-22)25(26,27)28)12-21(15)17-10-16(13-29)23(31-14-17)32-19-5-8-35-9-6-19/h2-4,7,10-12,14,19H,5-6,8-9H2,1H3,(H,31,32)(H,33,34). The fourth-order valence-corrected chi connectivity index (χ4v) is 3.78. The zero-order valence-corrected chi connectivity index (χ0v) is 18.8. The Morgan fingerprint density at radius 2 is 1.91 bits per heavy atom. The quantitative estimate of drug-likeness (QED) is 0.521. The lowest BCUT2D eigenvalue weighted by molar-refractivity contribution is -0.137. The molecule has 35 heavy (non-hydrogen) atoms. The van der Waals surface area contributed by atoms with E-state index in [0.29, 0.717) is 41.9 Å². The number of hydrogen-bond acceptors (Lipinski definition) is 6. The summed E-state index contributed by atoms with van der Waals surface area (Å²) < 4.78 is 44.3. The Hall–Kier alpha value is -3.97. The highest BCUT2D eigenvalue weighted by molar-refractivity contribution is 6.03. The first kappa shape index (κ1) is 24.2. The molecule has 10 heteroatoms. The van der Waals surface area contributed by atoms with Gasteiger partial charge in [0.05, 0.1) is 11.1 Å². The molecule has 1 fully saturated rings. The Morgan fingerprint density at radius 1 is 1.14 bits per heavy atom. The van der Waals surface area contributed by atoms with Gasteiger partial charge in [0.1, 0.15) is 17.6 Å². The third-order valence-electron chi connectivity index (χ3n) is 5.70. The van der Waals surface area contributed by atoms with Crippen LogP contribution in [0.5, 0.6) is 0 Å². The molecule has 7 nitrogen and oxygen atoms in total. The van der Waals surface area contributed by atoms with E-state index in [0.717, 1.165) is 36.2 Å². The molecule has 3 aromatic rings. The largest absolute Gasteiger partial charge is 0.416 e. The van der Waals surface area contributed by atoms with Crippen molar-refractivity contribution in [1.82, 2.24) is 9.97 Å². The number of amides is 1. The molecule has 3 heterocycles. The first-order valence-corrected chi connectivity index (χ1v) is 10.9. The summed E-state index contributed by atoms with van der Waals surface area (Å²) in [6, 6.07) is 10.7. The first-order valence-electron chi connectivity index (χ1n) is 10.9. The topological polar surface area (TPSA) is 99.9 Å². The number of benzene rings is 1. The molecule has 0 unspecified atom stereocenters. The number of aromatic nitrogens is 2. The second-order valence-electron chi connectivity index (χ2n) is 8.17. The molecule has 0 saturated carbocycles. The van der Waals surface area contributed by atoms with Crippen LogP contribution in [0.1, 0.15) is 40.0 Å². The maximum atomic E-state index is 13.0. The van der Waals surface area contributed by atoms with Crippen LogP contribution in [-0.4, -0.2) is 35.1 Å². The number of pyridine rings is 2. The van der Waals surface area contributed by atoms with Crippen molar-refractivity contribution in [3.63, 3.8) is 0 Å². The lowest BCUT2D eigenvalue weighted by atomic mass is 9.99. The van der Waals surface area contributed by atoms with E-state index in [9.17, 15) is 23.2 Å². The van der Waals surface area contributed by atoms with Crippen molar-refractivity contribution in [2.24, 2.45) is 0 Å². The number of anilines is 2. The number of hydrogen-bond donors (Lipinski definition) is 2. The molecule has 0 atom stereocenters. The molecular weight excluding hydrogens is 459 g/mol. The SMILES string of the molecule is Cc1ccc(NC(=O)c2cc(C(F)(F)F)ccn2)cc1-c1cnc(NC2CCOCC2)c(C#N)c1. The number of nitrogens with one attached hydrogen (secondary N) is 2. The lowest BCUT2D eigenvalue weighted by Crippen LogP contribution is -2.28. The summed E-state index contributed by atoms with van der Waals surface area (Å²) in [5.74, 6) is -0.265. The van der Waals surface area contributed by atoms with Gasteiger partial charge in [-0.15, -0.1) is 0 Å². The van der Waals surface area contributed by atoms with Gasteiger partial charge in [0.15, 0.2) is 0 Å². The van der Waals surface area contributed by atoms with Gasteiger partial charge in [0.2, 0.25) is 0 Å². The fourth-order valence-electron chi connectivity index (χ4n) is 3.78. The number of halogens is 3. The number of carbonyl (C=O) groups is 1. The summed E-state index contributed by atoms with van der Waals surface area (Å²) in [7, 11) is 0. The van der Waals surface area contributed by atoms with E-state index in [1.165, 1.54) is 0 Å². The van der Waals surface area contributed by atoms with E-state index in [2.05, 4.69) is 26.7 Å². The van der Waals surface area contributed by atoms with Crippen LogP contribution in [0.4, 0.5) is 24.7 Å². The van der Waals surface area contributed by atoms with Crippen LogP contribution in [0.25, 0.3) is 11.1 Å². The van der Waals surface area contributed by atoms with Gasteiger partial charge in [-0.3, -0.25) is 9.78 Å². The van der Waals surface area contributed by atoms with Gasteiger partial charge >= 0.3 is 6.18 Å². The highest BCUT2D eigenvalue weighted by Gasteiger charge is 2.31. The van der Waals surface area contributed by atoms with Gasteiger partial charge < -0.3 is 15.4 Å². The number of alkyl halides is 3. The minimum Gasteiger partial charge on any atom is -0.381 e. The number of ether oxygens (including phenoxy) is 1. The van der Waals surface area contributed by atoms with Crippen molar-refractivity contribution < 1.29 is 22.7 Å². The van der Waals surface area contributed by atoms with E-state index in [-0.39, 0.29) is 11.7 Å². The van der Waals surface area contributed by atoms with Crippen LogP contribution in [-0.2, 0) is 10.9 Å². The molecule has 1 aromatic carbocycles. The molecule has 180 valence electrons. The molecule has 2 N–H and O–H groups in total. The molecule has 0 radical (unpaired) electrons. The van der Waals surface area contributed by atoms with Crippen LogP contribution >= 0.6 is 0 Å². The van der Waals surface area contributed by atoms with Crippen LogP contribution < -0.4 is 10.6 Å². The molecule has 0 spiro atoms. The molecule has 2 aromatic heterocycles. The van der Waals surface area contributed by atoms with Gasteiger partial charge in [0, 0.05) is 42.9 Å². The Bertz CT molecular complexity index is 1280. The molecular formula is C25H22F3N5O2. The van der Waals surface area contributed by atoms with Crippen molar-refractivity contribution in [2.75, 3.05) is 23.8 Å². The van der Waals surface area contributed by atoms with Crippen LogP contribution in [0.15, 0.2) is 48.8 Å². The summed E-state index contributed by atoms with van der Waals surface area (Å²) in [6.07, 6.45) is -0.327. The van der Waals surface area contributed by atoms with Crippen molar-refractivity contribution in [3.05, 3.63) is 71.2 Å². The number of rotatable bonds is 5. The highest BCUT2D eigenvalue weighted by atomic mass is 19.4. The zero-order valence-electron chi connectivity index (χ0n) is 18.8. The number of carbonyl (C=O) groups excluding carboxylic acids is 1. The van der Waals surface area contributed by atoms with Gasteiger partial charge in [-0.05, 0) is 61.2 Å². The minimum atomic E-state index is -4.58. The summed E-state index contributed by atoms with van der Waals surface area (Å²) in [5.41, 5.74) is 1.72. The van der Waals surface area contributed by atoms with E-state index in [1.807, 2.05) is 6.92 Å². The predicted molar refractivity (Wildman–Crippen MR) is 124 cm³/mol. The Kier molecular flexibility index (Phi) is 6.98. The zero-order chi connectivity index (χ0) is 25.0. The summed E-state index contributed by atoms with van der Waals surface area (Å²) >= 11 is 0. The van der Waals surface area contributed by atoms with Gasteiger partial charge in [0.25, 0.3) is 5.91 Å². The van der Waals surface area contributed by atoms with Crippen LogP contribution in [0, 0.1) is 18.3 Å². The maximum Gasteiger partial charge on any atom is 0.416 e. The highest BCUT2D eigenvalue weighted by Crippen LogP contribution is 2.31. The van der Waals surface area contributed by atoms with E-state index < -0.39 is 17.6 Å². The molecule has 1 amide bonds. The Balaban J connectivity index is 1.56. The van der Waals surface area contributed by atoms with E-state index >= 15 is 0 Å². The second-order valence-corrected chi connectivity index (χ2v) is 8.17. The van der Waals surface area contributed by atoms with Crippen LogP contribution in [0.2, 0.25) is 0 Å². The fraction of sp³-hybridized carbons (Fsp3) is 0.280. The summed E-state index contributed by atoms with van der Waals surface area (Å²) in [5, 5.41) is 15.6. The van der Waals surface area contributed by atoms with Crippen LogP contribution in [0.3, 0.4) is 0 Å². The van der Waals surface area contributed by atoms with Crippen molar-refractivity contribution >= 4 is 17.4 Å². The summed E-state index contributed by atoms with van der Waals surface area (Å²) in [4.78, 5) is 20.8. The molecule has 1 aliphatic rings. The number of aryl methyl sites for hydroxylation is 1. The smallest absolute Gasteiger partial charge is 0.381 e. The lowest BCUT2D eigenvalue weighted by Gasteiger charge is -2.24. The van der Waals surface area contributed by atoms with Crippen molar-refractivity contribution in [3.8, 4) is 17.2 Å². The second kappa shape index (κ2) is 10.1. The number of nitriles is 1. The molecule has 0 bridgehead atoms. The molecule has 1 aliphatic heterocycles. The third kappa shape index (κ3) is 5.75. The monoisotopic (exact) mass is 481 g/mol. The van der Waals surface area contributed by atoms with Crippen molar-refractivity contribution in [1.29, 1.82) is 5.26 Å². The van der Waals surface area contributed by atoms with Crippen molar-refractivity contribution in [2.45, 2.75) is 32.0 Å². The molecule has 1 saturated heterocycles. The normalized spacial score (nSPS) is 14.3. The van der Waals surface area contributed by atoms with E-state index in [1.54, 1.807) is 30.5 Å². The minimum absolute atomic E-state index is 0.180. The summed E-state index contributed by atoms with van der Waals surface area (Å²) in [6.45, 7) is 3.19. The molecule has 4 rings (SSSR count). The number of nitrogens with zero attached hydrogens (tertiary/aromatic N) is 3. The van der Waals surface area contributed by atoms with Gasteiger partial charge in [-0.25, -0.2) is 4.98 Å². The Morgan fingerprint density at radius 3 is 2.63 bits per heavy atom. The van der Waals surface area contributed by atoms with E-state index in [4.69, 9.17) is 4.74 Å². The first-order chi connectivity index (χ1) is 16.7. The Labute approximate surface area is 200 Å².